The van der Waals surface area contributed by atoms with E-state index in [2.05, 4.69) is 20.2 Å². The third-order valence-electron chi connectivity index (χ3n) is 3.91. The van der Waals surface area contributed by atoms with E-state index >= 15 is 0 Å². The third kappa shape index (κ3) is 4.03. The molecule has 3 heterocycles. The Morgan fingerprint density at radius 2 is 2.08 bits per heavy atom. The van der Waals surface area contributed by atoms with E-state index in [4.69, 9.17) is 4.74 Å². The van der Waals surface area contributed by atoms with Gasteiger partial charge >= 0.3 is 0 Å². The summed E-state index contributed by atoms with van der Waals surface area (Å²) in [5, 5.41) is 6.91. The van der Waals surface area contributed by atoms with Crippen molar-refractivity contribution in [1.29, 1.82) is 0 Å². The van der Waals surface area contributed by atoms with Crippen LogP contribution in [0, 0.1) is 0 Å². The standard InChI is InChI=1S/C17H22N4O2S/c1-12(2)23-17-15(18-6-7-19-17)21-8-3-14(4-9-21)20-16(22)13-5-10-24-11-13/h5-7,10-12,14H,3-4,8-9H2,1-2H3,(H,20,22). The van der Waals surface area contributed by atoms with Crippen LogP contribution >= 0.6 is 11.3 Å². The van der Waals surface area contributed by atoms with E-state index in [9.17, 15) is 4.79 Å². The van der Waals surface area contributed by atoms with Gasteiger partial charge in [0.2, 0.25) is 0 Å². The molecule has 24 heavy (non-hydrogen) atoms. The number of carbonyl (C=O) groups excluding carboxylic acids is 1. The number of carbonyl (C=O) groups is 1. The van der Waals surface area contributed by atoms with Crippen LogP contribution in [0.15, 0.2) is 29.2 Å². The summed E-state index contributed by atoms with van der Waals surface area (Å²) in [6.45, 7) is 5.60. The van der Waals surface area contributed by atoms with Crippen molar-refractivity contribution in [2.45, 2.75) is 38.8 Å². The van der Waals surface area contributed by atoms with Crippen molar-refractivity contribution < 1.29 is 9.53 Å². The van der Waals surface area contributed by atoms with Crippen molar-refractivity contribution in [3.63, 3.8) is 0 Å². The molecule has 1 aliphatic heterocycles. The van der Waals surface area contributed by atoms with Crippen molar-refractivity contribution in [2.75, 3.05) is 18.0 Å². The first-order chi connectivity index (χ1) is 11.6. The summed E-state index contributed by atoms with van der Waals surface area (Å²) in [7, 11) is 0. The highest BCUT2D eigenvalue weighted by molar-refractivity contribution is 7.08. The van der Waals surface area contributed by atoms with E-state index in [1.165, 1.54) is 11.3 Å². The number of piperidine rings is 1. The fourth-order valence-electron chi connectivity index (χ4n) is 2.74. The Morgan fingerprint density at radius 1 is 1.33 bits per heavy atom. The Bertz CT molecular complexity index is 667. The number of amides is 1. The van der Waals surface area contributed by atoms with Gasteiger partial charge in [-0.05, 0) is 38.1 Å². The van der Waals surface area contributed by atoms with Crippen LogP contribution < -0.4 is 15.0 Å². The highest BCUT2D eigenvalue weighted by atomic mass is 32.1. The monoisotopic (exact) mass is 346 g/mol. The number of hydrogen-bond acceptors (Lipinski definition) is 6. The molecule has 0 atom stereocenters. The van der Waals surface area contributed by atoms with E-state index in [-0.39, 0.29) is 18.1 Å². The van der Waals surface area contributed by atoms with Crippen LogP contribution in [0.1, 0.15) is 37.0 Å². The van der Waals surface area contributed by atoms with E-state index in [0.717, 1.165) is 37.3 Å². The Balaban J connectivity index is 1.58. The van der Waals surface area contributed by atoms with Crippen LogP contribution in [0.2, 0.25) is 0 Å². The number of hydrogen-bond donors (Lipinski definition) is 1. The molecule has 0 bridgehead atoms. The molecule has 0 radical (unpaired) electrons. The summed E-state index contributed by atoms with van der Waals surface area (Å²) in [5.41, 5.74) is 0.740. The Hall–Kier alpha value is -2.15. The Morgan fingerprint density at radius 3 is 2.75 bits per heavy atom. The zero-order valence-corrected chi connectivity index (χ0v) is 14.8. The third-order valence-corrected chi connectivity index (χ3v) is 4.59. The molecule has 3 rings (SSSR count). The first-order valence-electron chi connectivity index (χ1n) is 8.19. The smallest absolute Gasteiger partial charge is 0.257 e. The summed E-state index contributed by atoms with van der Waals surface area (Å²) in [5.74, 6) is 1.38. The summed E-state index contributed by atoms with van der Waals surface area (Å²) in [6, 6.07) is 2.05. The van der Waals surface area contributed by atoms with Gasteiger partial charge in [-0.1, -0.05) is 0 Å². The van der Waals surface area contributed by atoms with Gasteiger partial charge < -0.3 is 15.0 Å². The number of nitrogens with zero attached hydrogens (tertiary/aromatic N) is 3. The van der Waals surface area contributed by atoms with Crippen molar-refractivity contribution in [3.8, 4) is 5.88 Å². The fraction of sp³-hybridized carbons (Fsp3) is 0.471. The number of nitrogens with one attached hydrogen (secondary N) is 1. The summed E-state index contributed by atoms with van der Waals surface area (Å²) in [4.78, 5) is 23.1. The largest absolute Gasteiger partial charge is 0.472 e. The molecular formula is C17H22N4O2S. The van der Waals surface area contributed by atoms with E-state index < -0.39 is 0 Å². The molecule has 128 valence electrons. The van der Waals surface area contributed by atoms with Crippen LogP contribution in [0.4, 0.5) is 5.82 Å². The van der Waals surface area contributed by atoms with Gasteiger partial charge in [0.1, 0.15) is 0 Å². The molecule has 1 amide bonds. The second-order valence-electron chi connectivity index (χ2n) is 6.10. The lowest BCUT2D eigenvalue weighted by Gasteiger charge is -2.33. The highest BCUT2D eigenvalue weighted by Crippen LogP contribution is 2.26. The molecule has 1 aliphatic rings. The normalized spacial score (nSPS) is 15.5. The molecule has 1 fully saturated rings. The molecule has 2 aromatic rings. The minimum atomic E-state index is 0.0121. The SMILES string of the molecule is CC(C)Oc1nccnc1N1CCC(NC(=O)c2ccsc2)CC1. The van der Waals surface area contributed by atoms with Crippen molar-refractivity contribution in [3.05, 3.63) is 34.8 Å². The van der Waals surface area contributed by atoms with Crippen LogP contribution in [-0.4, -0.2) is 41.1 Å². The number of rotatable bonds is 5. The molecule has 0 aliphatic carbocycles. The lowest BCUT2D eigenvalue weighted by atomic mass is 10.0. The molecule has 0 aromatic carbocycles. The van der Waals surface area contributed by atoms with Gasteiger partial charge in [-0.15, -0.1) is 0 Å². The second-order valence-corrected chi connectivity index (χ2v) is 6.88. The van der Waals surface area contributed by atoms with Crippen LogP contribution in [0.3, 0.4) is 0 Å². The van der Waals surface area contributed by atoms with Crippen LogP contribution in [0.5, 0.6) is 5.88 Å². The molecule has 1 N–H and O–H groups in total. The van der Waals surface area contributed by atoms with Crippen LogP contribution in [-0.2, 0) is 0 Å². The van der Waals surface area contributed by atoms with Crippen molar-refractivity contribution in [1.82, 2.24) is 15.3 Å². The first-order valence-corrected chi connectivity index (χ1v) is 9.13. The van der Waals surface area contributed by atoms with Gasteiger partial charge in [0.15, 0.2) is 5.82 Å². The van der Waals surface area contributed by atoms with Crippen LogP contribution in [0.25, 0.3) is 0 Å². The highest BCUT2D eigenvalue weighted by Gasteiger charge is 2.24. The molecule has 0 spiro atoms. The molecule has 7 heteroatoms. The zero-order chi connectivity index (χ0) is 16.9. The Kier molecular flexibility index (Phi) is 5.30. The number of thiophene rings is 1. The molecule has 2 aromatic heterocycles. The quantitative estimate of drug-likeness (QED) is 0.902. The Labute approximate surface area is 145 Å². The number of ether oxygens (including phenoxy) is 1. The van der Waals surface area contributed by atoms with Gasteiger partial charge in [0.05, 0.1) is 6.10 Å². The molecule has 0 saturated carbocycles. The van der Waals surface area contributed by atoms with Gasteiger partial charge in [0, 0.05) is 42.5 Å². The van der Waals surface area contributed by atoms with E-state index in [1.54, 1.807) is 12.4 Å². The predicted octanol–water partition coefficient (Wildman–Crippen LogP) is 2.72. The average Bonchev–Trinajstić information content (AvgIpc) is 3.10. The number of aromatic nitrogens is 2. The lowest BCUT2D eigenvalue weighted by Crippen LogP contribution is -2.45. The summed E-state index contributed by atoms with van der Waals surface area (Å²) < 4.78 is 5.76. The topological polar surface area (TPSA) is 67.4 Å². The summed E-state index contributed by atoms with van der Waals surface area (Å²) >= 11 is 1.54. The zero-order valence-electron chi connectivity index (χ0n) is 13.9. The fourth-order valence-corrected chi connectivity index (χ4v) is 3.38. The minimum absolute atomic E-state index is 0.0121. The average molecular weight is 346 g/mol. The van der Waals surface area contributed by atoms with Gasteiger partial charge in [-0.3, -0.25) is 4.79 Å². The second kappa shape index (κ2) is 7.61. The van der Waals surface area contributed by atoms with Gasteiger partial charge in [-0.25, -0.2) is 9.97 Å². The minimum Gasteiger partial charge on any atom is -0.472 e. The molecule has 1 saturated heterocycles. The van der Waals surface area contributed by atoms with Gasteiger partial charge in [-0.2, -0.15) is 11.3 Å². The predicted molar refractivity (Wildman–Crippen MR) is 94.8 cm³/mol. The molecule has 6 nitrogen and oxygen atoms in total. The van der Waals surface area contributed by atoms with E-state index in [0.29, 0.717) is 5.88 Å². The van der Waals surface area contributed by atoms with Crippen molar-refractivity contribution in [2.24, 2.45) is 0 Å². The maximum atomic E-state index is 12.1. The van der Waals surface area contributed by atoms with Gasteiger partial charge in [0.25, 0.3) is 11.8 Å². The molecular weight excluding hydrogens is 324 g/mol. The summed E-state index contributed by atoms with van der Waals surface area (Å²) in [6.07, 6.45) is 5.16. The lowest BCUT2D eigenvalue weighted by molar-refractivity contribution is 0.0931. The molecule has 0 unspecified atom stereocenters. The maximum Gasteiger partial charge on any atom is 0.257 e. The number of anilines is 1. The maximum absolute atomic E-state index is 12.1. The van der Waals surface area contributed by atoms with Crippen molar-refractivity contribution >= 4 is 23.1 Å². The first kappa shape index (κ1) is 16.7. The van der Waals surface area contributed by atoms with E-state index in [1.807, 2.05) is 30.7 Å².